The predicted molar refractivity (Wildman–Crippen MR) is 93.8 cm³/mol. The van der Waals surface area contributed by atoms with Gasteiger partial charge < -0.3 is 31.7 Å². The minimum Gasteiger partial charge on any atom is -0.548 e. The van der Waals surface area contributed by atoms with Crippen molar-refractivity contribution in [1.82, 2.24) is 4.98 Å². The van der Waals surface area contributed by atoms with Crippen LogP contribution in [0.25, 0.3) is 10.9 Å². The van der Waals surface area contributed by atoms with E-state index in [0.29, 0.717) is 11.9 Å². The van der Waals surface area contributed by atoms with Gasteiger partial charge in [-0.15, -0.1) is 0 Å². The number of carboxylic acid groups (broad SMARTS) is 1. The van der Waals surface area contributed by atoms with Gasteiger partial charge in [0.2, 0.25) is 0 Å². The van der Waals surface area contributed by atoms with Gasteiger partial charge in [0.05, 0.1) is 5.97 Å². The van der Waals surface area contributed by atoms with Crippen molar-refractivity contribution in [2.75, 3.05) is 0 Å². The number of aromatic hydroxyl groups is 1. The summed E-state index contributed by atoms with van der Waals surface area (Å²) in [5.41, 5.74) is 6.86. The maximum absolute atomic E-state index is 10.3. The Morgan fingerprint density at radius 2 is 1.65 bits per heavy atom. The van der Waals surface area contributed by atoms with E-state index >= 15 is 0 Å². The monoisotopic (exact) mass is 403 g/mol. The van der Waals surface area contributed by atoms with Gasteiger partial charge in [-0.25, -0.2) is 0 Å². The molecule has 144 valence electrons. The molecule has 0 unspecified atom stereocenters. The molecule has 8 heteroatoms. The maximum atomic E-state index is 10.3. The summed E-state index contributed by atoms with van der Waals surface area (Å²) < 4.78 is 0. The Balaban J connectivity index is 0. The summed E-state index contributed by atoms with van der Waals surface area (Å²) in [4.78, 5) is 14.3. The van der Waals surface area contributed by atoms with Crippen LogP contribution in [0.4, 0.5) is 0 Å². The standard InChI is InChI=1S/C9H11NO2.C9H7NO.Ni.2H2O/c10-8(9(11)12)6-7-4-2-1-3-5-7;11-8-5-1-3-7-4-2-6-10-9(7)8;;;/h1-5,8H,6,10H2,(H,11,12);1-6,11H;;2*1H2/p-1/t8-;;;;/m0..../s1. The second-order valence-corrected chi connectivity index (χ2v) is 4.97. The molecule has 0 aliphatic heterocycles. The van der Waals surface area contributed by atoms with Crippen LogP contribution in [0.2, 0.25) is 0 Å². The molecule has 3 rings (SSSR count). The van der Waals surface area contributed by atoms with Crippen LogP contribution in [-0.4, -0.2) is 33.1 Å². The molecule has 0 aliphatic rings. The zero-order valence-corrected chi connectivity index (χ0v) is 14.7. The Hall–Kier alpha value is -2.51. The molecule has 26 heavy (non-hydrogen) atoms. The van der Waals surface area contributed by atoms with Gasteiger partial charge in [0, 0.05) is 34.1 Å². The van der Waals surface area contributed by atoms with Gasteiger partial charge >= 0.3 is 0 Å². The molecule has 1 heterocycles. The third-order valence-corrected chi connectivity index (χ3v) is 3.21. The summed E-state index contributed by atoms with van der Waals surface area (Å²) in [7, 11) is 0. The Bertz CT molecular complexity index is 781. The molecule has 0 saturated carbocycles. The maximum Gasteiger partial charge on any atom is 0.141 e. The number of hydrogen-bond donors (Lipinski definition) is 2. The van der Waals surface area contributed by atoms with Crippen molar-refractivity contribution < 1.29 is 42.5 Å². The fraction of sp³-hybridized carbons (Fsp3) is 0.111. The van der Waals surface area contributed by atoms with Crippen molar-refractivity contribution in [2.45, 2.75) is 12.5 Å². The Kier molecular flexibility index (Phi) is 12.7. The van der Waals surface area contributed by atoms with E-state index in [-0.39, 0.29) is 33.2 Å². The fourth-order valence-electron chi connectivity index (χ4n) is 2.04. The molecule has 3 aromatic rings. The van der Waals surface area contributed by atoms with Crippen molar-refractivity contribution in [1.29, 1.82) is 0 Å². The van der Waals surface area contributed by atoms with E-state index in [1.54, 1.807) is 18.3 Å². The average molecular weight is 404 g/mol. The van der Waals surface area contributed by atoms with Gasteiger partial charge in [-0.2, -0.15) is 0 Å². The molecule has 0 amide bonds. The summed E-state index contributed by atoms with van der Waals surface area (Å²) in [6.07, 6.45) is 1.99. The average Bonchev–Trinajstić information content (AvgIpc) is 2.57. The van der Waals surface area contributed by atoms with Crippen LogP contribution in [0, 0.1) is 0 Å². The third-order valence-electron chi connectivity index (χ3n) is 3.21. The van der Waals surface area contributed by atoms with Crippen LogP contribution in [0.15, 0.2) is 66.9 Å². The predicted octanol–water partition coefficient (Wildman–Crippen LogP) is -0.405. The van der Waals surface area contributed by atoms with Crippen LogP contribution >= 0.6 is 0 Å². The zero-order chi connectivity index (χ0) is 16.7. The first kappa shape index (κ1) is 25.7. The number of carbonyl (C=O) groups excluding carboxylic acids is 1. The molecule has 0 saturated heterocycles. The number of pyridine rings is 1. The number of hydrogen-bond acceptors (Lipinski definition) is 5. The molecular weight excluding hydrogens is 383 g/mol. The largest absolute Gasteiger partial charge is 0.548 e. The summed E-state index contributed by atoms with van der Waals surface area (Å²) in [5, 5.41) is 20.5. The van der Waals surface area contributed by atoms with Crippen molar-refractivity contribution >= 4 is 16.9 Å². The fourth-order valence-corrected chi connectivity index (χ4v) is 2.04. The first-order chi connectivity index (χ1) is 11.1. The molecule has 0 bridgehead atoms. The van der Waals surface area contributed by atoms with Gasteiger partial charge in [-0.1, -0.05) is 48.5 Å². The number of carboxylic acids is 1. The summed E-state index contributed by atoms with van der Waals surface area (Å²) >= 11 is 0. The van der Waals surface area contributed by atoms with E-state index in [9.17, 15) is 15.0 Å². The van der Waals surface area contributed by atoms with E-state index in [1.165, 1.54) is 0 Å². The third kappa shape index (κ3) is 7.59. The molecule has 1 aromatic heterocycles. The first-order valence-electron chi connectivity index (χ1n) is 7.11. The van der Waals surface area contributed by atoms with Crippen LogP contribution in [0.5, 0.6) is 5.75 Å². The first-order valence-corrected chi connectivity index (χ1v) is 7.11. The number of benzene rings is 2. The van der Waals surface area contributed by atoms with Gasteiger partial charge in [-0.3, -0.25) is 4.98 Å². The van der Waals surface area contributed by atoms with Crippen molar-refractivity contribution in [3.63, 3.8) is 0 Å². The quantitative estimate of drug-likeness (QED) is 0.567. The molecule has 2 aromatic carbocycles. The molecule has 1 atom stereocenters. The Morgan fingerprint density at radius 1 is 1.04 bits per heavy atom. The molecule has 7 N–H and O–H groups in total. The molecule has 7 nitrogen and oxygen atoms in total. The Morgan fingerprint density at radius 3 is 2.23 bits per heavy atom. The number of para-hydroxylation sites is 1. The number of phenolic OH excluding ortho intramolecular Hbond substituents is 1. The number of rotatable bonds is 3. The molecular formula is C18H21N2NiO5-. The van der Waals surface area contributed by atoms with Gasteiger partial charge in [0.15, 0.2) is 0 Å². The van der Waals surface area contributed by atoms with Gasteiger partial charge in [-0.05, 0) is 24.1 Å². The number of phenols is 1. The van der Waals surface area contributed by atoms with E-state index < -0.39 is 12.0 Å². The summed E-state index contributed by atoms with van der Waals surface area (Å²) in [6, 6.07) is 17.4. The number of carbonyl (C=O) groups is 1. The summed E-state index contributed by atoms with van der Waals surface area (Å²) in [5.74, 6) is -0.970. The van der Waals surface area contributed by atoms with Gasteiger partial charge in [0.1, 0.15) is 11.3 Å². The molecule has 0 radical (unpaired) electrons. The number of nitrogens with zero attached hydrogens (tertiary/aromatic N) is 1. The Labute approximate surface area is 161 Å². The second kappa shape index (κ2) is 12.8. The van der Waals surface area contributed by atoms with Crippen molar-refractivity contribution in [3.8, 4) is 5.75 Å². The normalized spacial score (nSPS) is 10.0. The topological polar surface area (TPSA) is 162 Å². The van der Waals surface area contributed by atoms with E-state index in [1.807, 2.05) is 48.5 Å². The molecule has 0 aliphatic carbocycles. The number of nitrogens with two attached hydrogens (primary N) is 1. The van der Waals surface area contributed by atoms with Crippen molar-refractivity contribution in [2.24, 2.45) is 5.73 Å². The minimum absolute atomic E-state index is 0. The van der Waals surface area contributed by atoms with E-state index in [2.05, 4.69) is 4.98 Å². The van der Waals surface area contributed by atoms with Gasteiger partial charge in [0.25, 0.3) is 0 Å². The zero-order valence-electron chi connectivity index (χ0n) is 13.7. The van der Waals surface area contributed by atoms with Crippen LogP contribution < -0.4 is 10.8 Å². The smallest absolute Gasteiger partial charge is 0.141 e. The number of aliphatic carboxylic acids is 1. The number of fused-ring (bicyclic) bond motifs is 1. The van der Waals surface area contributed by atoms with Crippen LogP contribution in [0.1, 0.15) is 5.56 Å². The number of aromatic nitrogens is 1. The molecule has 0 spiro atoms. The second-order valence-electron chi connectivity index (χ2n) is 4.97. The van der Waals surface area contributed by atoms with Crippen molar-refractivity contribution in [3.05, 3.63) is 72.4 Å². The minimum atomic E-state index is -1.21. The molecule has 0 fully saturated rings. The SMILES string of the molecule is N[C@@H](Cc1ccccc1)C(=O)[O-].O.O.Oc1cccc2cccnc12.[Ni]. The summed E-state index contributed by atoms with van der Waals surface area (Å²) in [6.45, 7) is 0. The van der Waals surface area contributed by atoms with E-state index in [4.69, 9.17) is 5.73 Å². The van der Waals surface area contributed by atoms with E-state index in [0.717, 1.165) is 10.9 Å². The van der Waals surface area contributed by atoms with Crippen LogP contribution in [0.3, 0.4) is 0 Å². The van der Waals surface area contributed by atoms with Crippen LogP contribution in [-0.2, 0) is 27.7 Å².